The summed E-state index contributed by atoms with van der Waals surface area (Å²) in [5, 5.41) is 17.4. The molecule has 1 aromatic carbocycles. The maximum atomic E-state index is 12.9. The Morgan fingerprint density at radius 2 is 2.10 bits per heavy atom. The molecule has 0 atom stereocenters. The molecule has 0 aliphatic heterocycles. The minimum Gasteiger partial charge on any atom is -0.490 e. The molecule has 0 unspecified atom stereocenters. The molecule has 0 bridgehead atoms. The van der Waals surface area contributed by atoms with Gasteiger partial charge in [-0.2, -0.15) is 5.26 Å². The summed E-state index contributed by atoms with van der Waals surface area (Å²) in [6, 6.07) is 12.1. The fourth-order valence-electron chi connectivity index (χ4n) is 3.27. The number of hydrogen-bond acceptors (Lipinski definition) is 7. The maximum Gasteiger partial charge on any atom is 0.263 e. The number of pyridine rings is 2. The second kappa shape index (κ2) is 8.41. The summed E-state index contributed by atoms with van der Waals surface area (Å²) < 4.78 is 7.31. The van der Waals surface area contributed by atoms with Gasteiger partial charge in [0.05, 0.1) is 21.9 Å². The van der Waals surface area contributed by atoms with E-state index < -0.39 is 11.5 Å². The molecular formula is C22H21N5O3S. The van der Waals surface area contributed by atoms with Crippen molar-refractivity contribution in [3.05, 3.63) is 69.6 Å². The molecule has 0 spiro atoms. The Hall–Kier alpha value is -3.35. The van der Waals surface area contributed by atoms with Gasteiger partial charge in [-0.3, -0.25) is 19.7 Å². The van der Waals surface area contributed by atoms with Crippen LogP contribution in [0.2, 0.25) is 0 Å². The number of aryl methyl sites for hydroxylation is 1. The Bertz CT molecular complexity index is 1240. The Balaban J connectivity index is 1.57. The van der Waals surface area contributed by atoms with E-state index in [1.54, 1.807) is 43.6 Å². The number of rotatable bonds is 7. The van der Waals surface area contributed by atoms with Gasteiger partial charge >= 0.3 is 0 Å². The van der Waals surface area contributed by atoms with Crippen LogP contribution >= 0.6 is 11.9 Å². The number of nitrogens with one attached hydrogen (secondary N) is 1. The minimum atomic E-state index is -0.489. The quantitative estimate of drug-likeness (QED) is 0.546. The lowest BCUT2D eigenvalue weighted by Crippen LogP contribution is -2.32. The number of nitrogens with two attached hydrogens (primary N) is 1. The molecule has 1 aliphatic rings. The van der Waals surface area contributed by atoms with Gasteiger partial charge in [0, 0.05) is 25.9 Å². The van der Waals surface area contributed by atoms with Crippen molar-refractivity contribution in [2.45, 2.75) is 24.1 Å². The van der Waals surface area contributed by atoms with Gasteiger partial charge in [0.1, 0.15) is 23.4 Å². The number of hydrogen-bond donors (Lipinski definition) is 2. The standard InChI is InChI=1S/C22H21N5O3S/c1-27-19-17(25-9-6-18(19)30-13-22(31-24)7-8-22)10-16(21(27)29)20(28)26-12-15-4-2-14(11-23)3-5-15/h2-6,9-10H,7-8,12-13,24H2,1H3,(H,26,28). The van der Waals surface area contributed by atoms with E-state index in [0.29, 0.717) is 29.0 Å². The zero-order valence-corrected chi connectivity index (χ0v) is 17.7. The maximum absolute atomic E-state index is 12.9. The van der Waals surface area contributed by atoms with Gasteiger partial charge in [0.25, 0.3) is 11.5 Å². The number of ether oxygens (including phenoxy) is 1. The number of fused-ring (bicyclic) bond motifs is 1. The van der Waals surface area contributed by atoms with Crippen LogP contribution in [-0.2, 0) is 13.6 Å². The highest BCUT2D eigenvalue weighted by Crippen LogP contribution is 2.46. The van der Waals surface area contributed by atoms with Crippen molar-refractivity contribution in [2.24, 2.45) is 12.2 Å². The summed E-state index contributed by atoms with van der Waals surface area (Å²) in [5.74, 6) is 0.0471. The second-order valence-electron chi connectivity index (χ2n) is 7.55. The van der Waals surface area contributed by atoms with Gasteiger partial charge in [-0.1, -0.05) is 24.1 Å². The normalized spacial score (nSPS) is 14.1. The first-order valence-corrected chi connectivity index (χ1v) is 10.6. The first kappa shape index (κ1) is 20.9. The molecule has 2 aromatic heterocycles. The molecular weight excluding hydrogens is 414 g/mol. The van der Waals surface area contributed by atoms with Crippen molar-refractivity contribution >= 4 is 28.9 Å². The number of aromatic nitrogens is 2. The number of nitriles is 1. The number of carbonyl (C=O) groups excluding carboxylic acids is 1. The average Bonchev–Trinajstić information content (AvgIpc) is 3.59. The molecule has 0 radical (unpaired) electrons. The molecule has 31 heavy (non-hydrogen) atoms. The Morgan fingerprint density at radius 1 is 1.35 bits per heavy atom. The van der Waals surface area contributed by atoms with Gasteiger partial charge < -0.3 is 14.6 Å². The number of amides is 1. The van der Waals surface area contributed by atoms with E-state index in [2.05, 4.69) is 10.3 Å². The Labute approximate surface area is 183 Å². The number of nitrogens with zero attached hydrogens (tertiary/aromatic N) is 3. The van der Waals surface area contributed by atoms with E-state index in [9.17, 15) is 9.59 Å². The summed E-state index contributed by atoms with van der Waals surface area (Å²) in [4.78, 5) is 29.9. The molecule has 1 amide bonds. The lowest BCUT2D eigenvalue weighted by molar-refractivity contribution is 0.0949. The smallest absolute Gasteiger partial charge is 0.263 e. The Morgan fingerprint density at radius 3 is 2.74 bits per heavy atom. The predicted molar refractivity (Wildman–Crippen MR) is 119 cm³/mol. The third-order valence-corrected chi connectivity index (χ3v) is 6.42. The summed E-state index contributed by atoms with van der Waals surface area (Å²) in [7, 11) is 1.60. The first-order valence-electron chi connectivity index (χ1n) is 9.73. The molecule has 8 nitrogen and oxygen atoms in total. The van der Waals surface area contributed by atoms with Crippen LogP contribution in [0.5, 0.6) is 5.75 Å². The van der Waals surface area contributed by atoms with Gasteiger partial charge in [0.2, 0.25) is 0 Å². The van der Waals surface area contributed by atoms with Gasteiger partial charge in [-0.25, -0.2) is 0 Å². The average molecular weight is 436 g/mol. The zero-order valence-electron chi connectivity index (χ0n) is 16.9. The summed E-state index contributed by atoms with van der Waals surface area (Å²) in [6.07, 6.45) is 3.59. The third-order valence-electron chi connectivity index (χ3n) is 5.40. The van der Waals surface area contributed by atoms with Crippen LogP contribution < -0.4 is 20.8 Å². The van der Waals surface area contributed by atoms with Crippen molar-refractivity contribution in [3.63, 3.8) is 0 Å². The van der Waals surface area contributed by atoms with E-state index in [4.69, 9.17) is 15.1 Å². The van der Waals surface area contributed by atoms with E-state index >= 15 is 0 Å². The van der Waals surface area contributed by atoms with Gasteiger partial charge in [-0.15, -0.1) is 0 Å². The van der Waals surface area contributed by atoms with Crippen LogP contribution in [0, 0.1) is 11.3 Å². The van der Waals surface area contributed by atoms with E-state index in [1.807, 2.05) is 6.07 Å². The lowest BCUT2D eigenvalue weighted by Gasteiger charge is -2.16. The molecule has 1 saturated carbocycles. The molecule has 158 valence electrons. The molecule has 1 fully saturated rings. The summed E-state index contributed by atoms with van der Waals surface area (Å²) in [6.45, 7) is 0.690. The molecule has 2 heterocycles. The predicted octanol–water partition coefficient (Wildman–Crippen LogP) is 2.25. The first-order chi connectivity index (χ1) is 15.0. The highest BCUT2D eigenvalue weighted by Gasteiger charge is 2.43. The van der Waals surface area contributed by atoms with Crippen LogP contribution in [0.25, 0.3) is 11.0 Å². The van der Waals surface area contributed by atoms with Gasteiger partial charge in [0.15, 0.2) is 0 Å². The number of carbonyl (C=O) groups is 1. The third kappa shape index (κ3) is 4.26. The SMILES string of the molecule is Cn1c(=O)c(C(=O)NCc2ccc(C#N)cc2)cc2nccc(OCC3(SN)CC3)c21. The van der Waals surface area contributed by atoms with Crippen LogP contribution in [0.1, 0.15) is 34.3 Å². The van der Waals surface area contributed by atoms with E-state index in [1.165, 1.54) is 22.6 Å². The van der Waals surface area contributed by atoms with E-state index in [0.717, 1.165) is 18.4 Å². The fraction of sp³-hybridized carbons (Fsp3) is 0.273. The summed E-state index contributed by atoms with van der Waals surface area (Å²) in [5.41, 5.74) is 1.97. The molecule has 4 rings (SSSR count). The Kier molecular flexibility index (Phi) is 5.67. The molecule has 9 heteroatoms. The van der Waals surface area contributed by atoms with Crippen molar-refractivity contribution in [3.8, 4) is 11.8 Å². The zero-order chi connectivity index (χ0) is 22.0. The topological polar surface area (TPSA) is 123 Å². The lowest BCUT2D eigenvalue weighted by atomic mass is 10.1. The van der Waals surface area contributed by atoms with Crippen molar-refractivity contribution in [1.29, 1.82) is 5.26 Å². The highest BCUT2D eigenvalue weighted by molar-refractivity contribution is 7.98. The molecule has 1 aliphatic carbocycles. The highest BCUT2D eigenvalue weighted by atomic mass is 32.2. The van der Waals surface area contributed by atoms with Gasteiger partial charge in [-0.05, 0) is 36.6 Å². The van der Waals surface area contributed by atoms with Crippen LogP contribution in [0.15, 0.2) is 47.4 Å². The number of benzene rings is 1. The van der Waals surface area contributed by atoms with Crippen LogP contribution in [0.4, 0.5) is 0 Å². The second-order valence-corrected chi connectivity index (χ2v) is 8.65. The summed E-state index contributed by atoms with van der Waals surface area (Å²) >= 11 is 1.30. The van der Waals surface area contributed by atoms with Crippen molar-refractivity contribution in [2.75, 3.05) is 6.61 Å². The minimum absolute atomic E-state index is 0.00414. The van der Waals surface area contributed by atoms with Crippen molar-refractivity contribution in [1.82, 2.24) is 14.9 Å². The van der Waals surface area contributed by atoms with Crippen molar-refractivity contribution < 1.29 is 9.53 Å². The fourth-order valence-corrected chi connectivity index (χ4v) is 3.74. The molecule has 3 N–H and O–H groups in total. The largest absolute Gasteiger partial charge is 0.490 e. The molecule has 0 saturated heterocycles. The molecule has 3 aromatic rings. The van der Waals surface area contributed by atoms with Crippen LogP contribution in [0.3, 0.4) is 0 Å². The van der Waals surface area contributed by atoms with E-state index in [-0.39, 0.29) is 16.9 Å². The van der Waals surface area contributed by atoms with Crippen LogP contribution in [-0.4, -0.2) is 26.8 Å². The monoisotopic (exact) mass is 435 g/mol.